The minimum Gasteiger partial charge on any atom is -0.336 e. The average molecular weight is 328 g/mol. The van der Waals surface area contributed by atoms with Gasteiger partial charge in [-0.2, -0.15) is 0 Å². The van der Waals surface area contributed by atoms with Crippen molar-refractivity contribution in [2.45, 2.75) is 26.3 Å². The molecule has 0 fully saturated rings. The molecule has 5 heteroatoms. The van der Waals surface area contributed by atoms with E-state index in [2.05, 4.69) is 5.32 Å². The average Bonchev–Trinajstić information content (AvgIpc) is 2.57. The van der Waals surface area contributed by atoms with Gasteiger partial charge < -0.3 is 10.2 Å². The maximum Gasteiger partial charge on any atom is 0.226 e. The largest absolute Gasteiger partial charge is 0.336 e. The second-order valence-corrected chi connectivity index (χ2v) is 5.60. The first kappa shape index (κ1) is 17.7. The van der Waals surface area contributed by atoms with Crippen molar-refractivity contribution < 1.29 is 14.0 Å². The number of nitrogens with one attached hydrogen (secondary N) is 1. The normalized spacial score (nSPS) is 11.6. The summed E-state index contributed by atoms with van der Waals surface area (Å²) >= 11 is 0. The van der Waals surface area contributed by atoms with E-state index < -0.39 is 0 Å². The molecular formula is C19H21FN2O2. The molecule has 0 aliphatic rings. The van der Waals surface area contributed by atoms with E-state index in [1.165, 1.54) is 31.2 Å². The first-order valence-corrected chi connectivity index (χ1v) is 7.85. The van der Waals surface area contributed by atoms with E-state index in [4.69, 9.17) is 0 Å². The number of benzene rings is 2. The van der Waals surface area contributed by atoms with Crippen LogP contribution in [0.4, 0.5) is 10.1 Å². The van der Waals surface area contributed by atoms with Crippen LogP contribution in [0.5, 0.6) is 0 Å². The van der Waals surface area contributed by atoms with Crippen molar-refractivity contribution in [1.29, 1.82) is 0 Å². The van der Waals surface area contributed by atoms with Crippen molar-refractivity contribution in [1.82, 2.24) is 4.90 Å². The molecule has 126 valence electrons. The molecule has 0 spiro atoms. The first-order chi connectivity index (χ1) is 11.5. The topological polar surface area (TPSA) is 49.4 Å². The summed E-state index contributed by atoms with van der Waals surface area (Å²) in [6.45, 7) is 3.75. The number of hydrogen-bond acceptors (Lipinski definition) is 2. The van der Waals surface area contributed by atoms with E-state index in [9.17, 15) is 14.0 Å². The van der Waals surface area contributed by atoms with Crippen molar-refractivity contribution >= 4 is 17.5 Å². The van der Waals surface area contributed by atoms with Gasteiger partial charge in [-0.15, -0.1) is 0 Å². The Labute approximate surface area is 141 Å². The van der Waals surface area contributed by atoms with E-state index >= 15 is 0 Å². The minimum atomic E-state index is -0.354. The van der Waals surface area contributed by atoms with Gasteiger partial charge in [0.1, 0.15) is 5.82 Å². The molecule has 2 aromatic rings. The third-order valence-corrected chi connectivity index (χ3v) is 3.86. The standard InChI is InChI=1S/C19H21FN2O2/c1-14(16-6-4-3-5-7-16)22(15(2)23)13-12-19(24)21-18-10-8-17(20)9-11-18/h3-11,14H,12-13H2,1-2H3,(H,21,24). The Morgan fingerprint density at radius 1 is 1.08 bits per heavy atom. The van der Waals surface area contributed by atoms with Crippen molar-refractivity contribution in [3.63, 3.8) is 0 Å². The zero-order chi connectivity index (χ0) is 17.5. The summed E-state index contributed by atoms with van der Waals surface area (Å²) < 4.78 is 12.9. The van der Waals surface area contributed by atoms with Crippen LogP contribution in [0.3, 0.4) is 0 Å². The van der Waals surface area contributed by atoms with Gasteiger partial charge >= 0.3 is 0 Å². The van der Waals surface area contributed by atoms with Gasteiger partial charge in [0.25, 0.3) is 0 Å². The summed E-state index contributed by atoms with van der Waals surface area (Å²) in [7, 11) is 0. The Balaban J connectivity index is 1.94. The summed E-state index contributed by atoms with van der Waals surface area (Å²) in [5.41, 5.74) is 1.55. The first-order valence-electron chi connectivity index (χ1n) is 7.85. The summed E-state index contributed by atoms with van der Waals surface area (Å²) in [6.07, 6.45) is 0.175. The van der Waals surface area contributed by atoms with E-state index in [1.807, 2.05) is 37.3 Å². The molecule has 0 aliphatic heterocycles. The molecule has 4 nitrogen and oxygen atoms in total. The lowest BCUT2D eigenvalue weighted by molar-refractivity contribution is -0.131. The molecule has 0 radical (unpaired) electrons. The SMILES string of the molecule is CC(=O)N(CCC(=O)Nc1ccc(F)cc1)C(C)c1ccccc1. The van der Waals surface area contributed by atoms with Gasteiger partial charge in [0.15, 0.2) is 0 Å². The number of anilines is 1. The summed E-state index contributed by atoms with van der Waals surface area (Å²) in [6, 6.07) is 15.1. The predicted octanol–water partition coefficient (Wildman–Crippen LogP) is 3.76. The third kappa shape index (κ3) is 4.91. The Kier molecular flexibility index (Phi) is 6.07. The van der Waals surface area contributed by atoms with E-state index in [0.717, 1.165) is 5.56 Å². The van der Waals surface area contributed by atoms with Crippen molar-refractivity contribution in [2.75, 3.05) is 11.9 Å². The molecular weight excluding hydrogens is 307 g/mol. The lowest BCUT2D eigenvalue weighted by Gasteiger charge is -2.28. The molecule has 1 atom stereocenters. The Bertz CT molecular complexity index is 686. The molecule has 2 rings (SSSR count). The van der Waals surface area contributed by atoms with E-state index in [0.29, 0.717) is 12.2 Å². The van der Waals surface area contributed by atoms with Gasteiger partial charge in [-0.25, -0.2) is 4.39 Å². The van der Waals surface area contributed by atoms with Crippen LogP contribution in [0.15, 0.2) is 54.6 Å². The maximum absolute atomic E-state index is 12.9. The third-order valence-electron chi connectivity index (χ3n) is 3.86. The van der Waals surface area contributed by atoms with Crippen molar-refractivity contribution in [2.24, 2.45) is 0 Å². The minimum absolute atomic E-state index is 0.0825. The van der Waals surface area contributed by atoms with Crippen LogP contribution in [0.2, 0.25) is 0 Å². The van der Waals surface area contributed by atoms with Gasteiger partial charge in [0.05, 0.1) is 6.04 Å². The lowest BCUT2D eigenvalue weighted by Crippen LogP contribution is -2.34. The van der Waals surface area contributed by atoms with Crippen LogP contribution >= 0.6 is 0 Å². The fourth-order valence-electron chi connectivity index (χ4n) is 2.51. The lowest BCUT2D eigenvalue weighted by atomic mass is 10.1. The Hall–Kier alpha value is -2.69. The quantitative estimate of drug-likeness (QED) is 0.877. The number of amides is 2. The number of nitrogens with zero attached hydrogens (tertiary/aromatic N) is 1. The molecule has 0 saturated heterocycles. The van der Waals surface area contributed by atoms with Gasteiger partial charge in [0.2, 0.25) is 11.8 Å². The highest BCUT2D eigenvalue weighted by atomic mass is 19.1. The number of carbonyl (C=O) groups excluding carboxylic acids is 2. The van der Waals surface area contributed by atoms with E-state index in [1.54, 1.807) is 4.90 Å². The summed E-state index contributed by atoms with van der Waals surface area (Å²) in [5, 5.41) is 2.70. The number of rotatable bonds is 6. The summed E-state index contributed by atoms with van der Waals surface area (Å²) in [5.74, 6) is -0.651. The van der Waals surface area contributed by atoms with Gasteiger partial charge in [-0.05, 0) is 36.8 Å². The Morgan fingerprint density at radius 3 is 2.29 bits per heavy atom. The van der Waals surface area contributed by atoms with Gasteiger partial charge in [-0.3, -0.25) is 9.59 Å². The molecule has 0 aromatic heterocycles. The van der Waals surface area contributed by atoms with Crippen LogP contribution in [-0.4, -0.2) is 23.3 Å². The molecule has 0 bridgehead atoms. The maximum atomic E-state index is 12.9. The van der Waals surface area contributed by atoms with E-state index in [-0.39, 0.29) is 30.1 Å². The molecule has 24 heavy (non-hydrogen) atoms. The molecule has 0 aliphatic carbocycles. The zero-order valence-corrected chi connectivity index (χ0v) is 13.8. The van der Waals surface area contributed by atoms with Crippen LogP contribution < -0.4 is 5.32 Å². The molecule has 0 saturated carbocycles. The highest BCUT2D eigenvalue weighted by molar-refractivity contribution is 5.91. The fraction of sp³-hybridized carbons (Fsp3) is 0.263. The smallest absolute Gasteiger partial charge is 0.226 e. The zero-order valence-electron chi connectivity index (χ0n) is 13.8. The van der Waals surface area contributed by atoms with Crippen LogP contribution in [0.25, 0.3) is 0 Å². The fourth-order valence-corrected chi connectivity index (χ4v) is 2.51. The van der Waals surface area contributed by atoms with Gasteiger partial charge in [0, 0.05) is 25.6 Å². The van der Waals surface area contributed by atoms with Crippen LogP contribution in [-0.2, 0) is 9.59 Å². The molecule has 1 N–H and O–H groups in total. The second-order valence-electron chi connectivity index (χ2n) is 5.60. The number of carbonyl (C=O) groups is 2. The molecule has 1 unspecified atom stereocenters. The van der Waals surface area contributed by atoms with Crippen molar-refractivity contribution in [3.8, 4) is 0 Å². The summed E-state index contributed by atoms with van der Waals surface area (Å²) in [4.78, 5) is 25.6. The molecule has 2 amide bonds. The van der Waals surface area contributed by atoms with Crippen LogP contribution in [0, 0.1) is 5.82 Å². The second kappa shape index (κ2) is 8.24. The number of hydrogen-bond donors (Lipinski definition) is 1. The van der Waals surface area contributed by atoms with Crippen molar-refractivity contribution in [3.05, 3.63) is 66.0 Å². The predicted molar refractivity (Wildman–Crippen MR) is 91.9 cm³/mol. The molecule has 2 aromatic carbocycles. The molecule has 0 heterocycles. The number of halogens is 1. The van der Waals surface area contributed by atoms with Crippen LogP contribution in [0.1, 0.15) is 31.9 Å². The monoisotopic (exact) mass is 328 g/mol. The highest BCUT2D eigenvalue weighted by Gasteiger charge is 2.19. The Morgan fingerprint density at radius 2 is 1.71 bits per heavy atom. The highest BCUT2D eigenvalue weighted by Crippen LogP contribution is 2.20. The van der Waals surface area contributed by atoms with Gasteiger partial charge in [-0.1, -0.05) is 30.3 Å².